The summed E-state index contributed by atoms with van der Waals surface area (Å²) < 4.78 is 0. The van der Waals surface area contributed by atoms with Gasteiger partial charge in [0.1, 0.15) is 0 Å². The van der Waals surface area contributed by atoms with Crippen molar-refractivity contribution in [1.29, 1.82) is 0 Å². The minimum Gasteiger partial charge on any atom is -0.322 e. The number of rotatable bonds is 2. The second-order valence-electron chi connectivity index (χ2n) is 5.07. The predicted molar refractivity (Wildman–Crippen MR) is 85.0 cm³/mol. The van der Waals surface area contributed by atoms with Crippen LogP contribution in [0.3, 0.4) is 0 Å². The Kier molecular flexibility index (Phi) is 4.08. The van der Waals surface area contributed by atoms with E-state index in [1.54, 1.807) is 23.5 Å². The van der Waals surface area contributed by atoms with E-state index in [1.807, 2.05) is 17.5 Å². The summed E-state index contributed by atoms with van der Waals surface area (Å²) in [5.74, 6) is -0.00766. The van der Waals surface area contributed by atoms with E-state index in [0.717, 1.165) is 24.1 Å². The standard InChI is InChI=1S/C16H16ClNOS/c17-11-6-8-12(9-7-11)18-16(19)14-10-20-15-5-3-1-2-4-13(14)15/h6-10H,1-5H2,(H,18,19). The fourth-order valence-corrected chi connectivity index (χ4v) is 3.84. The molecule has 104 valence electrons. The average molecular weight is 306 g/mol. The molecule has 0 radical (unpaired) electrons. The van der Waals surface area contributed by atoms with Crippen LogP contribution in [-0.2, 0) is 12.8 Å². The molecule has 1 aliphatic carbocycles. The van der Waals surface area contributed by atoms with Gasteiger partial charge in [-0.05, 0) is 55.5 Å². The van der Waals surface area contributed by atoms with Crippen LogP contribution in [0.2, 0.25) is 5.02 Å². The van der Waals surface area contributed by atoms with Gasteiger partial charge in [0.15, 0.2) is 0 Å². The van der Waals surface area contributed by atoms with Gasteiger partial charge in [-0.3, -0.25) is 4.79 Å². The zero-order valence-electron chi connectivity index (χ0n) is 11.1. The zero-order valence-corrected chi connectivity index (χ0v) is 12.7. The lowest BCUT2D eigenvalue weighted by molar-refractivity contribution is 0.102. The van der Waals surface area contributed by atoms with E-state index in [2.05, 4.69) is 5.32 Å². The van der Waals surface area contributed by atoms with Crippen LogP contribution < -0.4 is 5.32 Å². The number of benzene rings is 1. The normalized spacial score (nSPS) is 14.4. The first-order valence-electron chi connectivity index (χ1n) is 6.90. The largest absolute Gasteiger partial charge is 0.322 e. The second kappa shape index (κ2) is 5.98. The number of aryl methyl sites for hydroxylation is 1. The zero-order chi connectivity index (χ0) is 13.9. The van der Waals surface area contributed by atoms with Crippen molar-refractivity contribution in [2.75, 3.05) is 5.32 Å². The quantitative estimate of drug-likeness (QED) is 0.784. The molecule has 1 N–H and O–H groups in total. The van der Waals surface area contributed by atoms with Crippen molar-refractivity contribution in [1.82, 2.24) is 0 Å². The Morgan fingerprint density at radius 3 is 2.65 bits per heavy atom. The van der Waals surface area contributed by atoms with Gasteiger partial charge >= 0.3 is 0 Å². The summed E-state index contributed by atoms with van der Waals surface area (Å²) in [6.07, 6.45) is 5.84. The lowest BCUT2D eigenvalue weighted by Gasteiger charge is -2.07. The number of fused-ring (bicyclic) bond motifs is 1. The van der Waals surface area contributed by atoms with E-state index < -0.39 is 0 Å². The number of carbonyl (C=O) groups excluding carboxylic acids is 1. The van der Waals surface area contributed by atoms with E-state index >= 15 is 0 Å². The molecule has 4 heteroatoms. The maximum Gasteiger partial charge on any atom is 0.256 e. The molecule has 0 fully saturated rings. The van der Waals surface area contributed by atoms with Crippen LogP contribution in [-0.4, -0.2) is 5.91 Å². The molecular weight excluding hydrogens is 290 g/mol. The maximum atomic E-state index is 12.4. The Hall–Kier alpha value is -1.32. The summed E-state index contributed by atoms with van der Waals surface area (Å²) >= 11 is 7.57. The number of nitrogens with one attached hydrogen (secondary N) is 1. The average Bonchev–Trinajstić information content (AvgIpc) is 2.71. The summed E-state index contributed by atoms with van der Waals surface area (Å²) in [4.78, 5) is 13.8. The van der Waals surface area contributed by atoms with Crippen molar-refractivity contribution < 1.29 is 4.79 Å². The van der Waals surface area contributed by atoms with E-state index in [9.17, 15) is 4.79 Å². The molecule has 2 nitrogen and oxygen atoms in total. The summed E-state index contributed by atoms with van der Waals surface area (Å²) in [6, 6.07) is 7.22. The number of amides is 1. The third-order valence-corrected chi connectivity index (χ3v) is 5.00. The van der Waals surface area contributed by atoms with Gasteiger partial charge in [-0.15, -0.1) is 11.3 Å². The lowest BCUT2D eigenvalue weighted by Crippen LogP contribution is -2.13. The van der Waals surface area contributed by atoms with Crippen LogP contribution in [0.15, 0.2) is 29.6 Å². The summed E-state index contributed by atoms with van der Waals surface area (Å²) in [6.45, 7) is 0. The Morgan fingerprint density at radius 2 is 1.85 bits per heavy atom. The SMILES string of the molecule is O=C(Nc1ccc(Cl)cc1)c1csc2c1CCCCC2. The van der Waals surface area contributed by atoms with Crippen LogP contribution in [0, 0.1) is 0 Å². The fourth-order valence-electron chi connectivity index (χ4n) is 2.59. The highest BCUT2D eigenvalue weighted by Crippen LogP contribution is 2.30. The molecule has 2 aromatic rings. The van der Waals surface area contributed by atoms with E-state index in [-0.39, 0.29) is 5.91 Å². The first kappa shape index (κ1) is 13.7. The van der Waals surface area contributed by atoms with E-state index in [0.29, 0.717) is 5.02 Å². The van der Waals surface area contributed by atoms with Crippen LogP contribution in [0.1, 0.15) is 40.1 Å². The predicted octanol–water partition coefficient (Wildman–Crippen LogP) is 4.92. The first-order chi connectivity index (χ1) is 9.74. The molecule has 1 aromatic carbocycles. The Bertz CT molecular complexity index is 618. The van der Waals surface area contributed by atoms with Crippen molar-refractivity contribution in [2.45, 2.75) is 32.1 Å². The summed E-state index contributed by atoms with van der Waals surface area (Å²) in [5.41, 5.74) is 2.90. The van der Waals surface area contributed by atoms with Gasteiger partial charge in [0.25, 0.3) is 5.91 Å². The number of hydrogen-bond donors (Lipinski definition) is 1. The second-order valence-corrected chi connectivity index (χ2v) is 6.47. The van der Waals surface area contributed by atoms with Gasteiger partial charge < -0.3 is 5.32 Å². The number of hydrogen-bond acceptors (Lipinski definition) is 2. The van der Waals surface area contributed by atoms with Gasteiger partial charge in [0.2, 0.25) is 0 Å². The third-order valence-electron chi connectivity index (χ3n) is 3.66. The van der Waals surface area contributed by atoms with Gasteiger partial charge in [0.05, 0.1) is 5.56 Å². The van der Waals surface area contributed by atoms with Crippen molar-refractivity contribution in [2.24, 2.45) is 0 Å². The molecule has 0 saturated carbocycles. The molecule has 1 heterocycles. The van der Waals surface area contributed by atoms with Gasteiger partial charge in [-0.1, -0.05) is 18.0 Å². The monoisotopic (exact) mass is 305 g/mol. The summed E-state index contributed by atoms with van der Waals surface area (Å²) in [5, 5.41) is 5.63. The van der Waals surface area contributed by atoms with Crippen molar-refractivity contribution >= 4 is 34.5 Å². The van der Waals surface area contributed by atoms with E-state index in [1.165, 1.54) is 29.7 Å². The van der Waals surface area contributed by atoms with Crippen molar-refractivity contribution in [3.05, 3.63) is 50.7 Å². The first-order valence-corrected chi connectivity index (χ1v) is 8.16. The van der Waals surface area contributed by atoms with E-state index in [4.69, 9.17) is 11.6 Å². The molecule has 1 aromatic heterocycles. The molecular formula is C16H16ClNOS. The van der Waals surface area contributed by atoms with Crippen LogP contribution >= 0.6 is 22.9 Å². The molecule has 3 rings (SSSR count). The minimum absolute atomic E-state index is 0.00766. The number of halogens is 1. The highest BCUT2D eigenvalue weighted by atomic mass is 35.5. The molecule has 0 unspecified atom stereocenters. The van der Waals surface area contributed by atoms with Gasteiger partial charge in [0, 0.05) is 21.0 Å². The highest BCUT2D eigenvalue weighted by molar-refractivity contribution is 7.10. The molecule has 0 spiro atoms. The molecule has 1 aliphatic rings. The molecule has 0 aliphatic heterocycles. The minimum atomic E-state index is -0.00766. The van der Waals surface area contributed by atoms with Crippen molar-refractivity contribution in [3.63, 3.8) is 0 Å². The van der Waals surface area contributed by atoms with Crippen LogP contribution in [0.4, 0.5) is 5.69 Å². The smallest absolute Gasteiger partial charge is 0.256 e. The Balaban J connectivity index is 1.80. The number of thiophene rings is 1. The molecule has 0 saturated heterocycles. The van der Waals surface area contributed by atoms with Crippen molar-refractivity contribution in [3.8, 4) is 0 Å². The van der Waals surface area contributed by atoms with Crippen LogP contribution in [0.5, 0.6) is 0 Å². The molecule has 1 amide bonds. The Morgan fingerprint density at radius 1 is 1.10 bits per heavy atom. The third kappa shape index (κ3) is 2.89. The Labute approximate surface area is 127 Å². The van der Waals surface area contributed by atoms with Crippen LogP contribution in [0.25, 0.3) is 0 Å². The molecule has 0 bridgehead atoms. The molecule has 0 atom stereocenters. The summed E-state index contributed by atoms with van der Waals surface area (Å²) in [7, 11) is 0. The highest BCUT2D eigenvalue weighted by Gasteiger charge is 2.19. The lowest BCUT2D eigenvalue weighted by atomic mass is 10.1. The molecule has 20 heavy (non-hydrogen) atoms. The topological polar surface area (TPSA) is 29.1 Å². The number of anilines is 1. The van der Waals surface area contributed by atoms with Gasteiger partial charge in [-0.25, -0.2) is 0 Å². The fraction of sp³-hybridized carbons (Fsp3) is 0.312. The number of carbonyl (C=O) groups is 1. The van der Waals surface area contributed by atoms with Gasteiger partial charge in [-0.2, -0.15) is 0 Å². The maximum absolute atomic E-state index is 12.4.